The van der Waals surface area contributed by atoms with Crippen LogP contribution in [0.3, 0.4) is 0 Å². The van der Waals surface area contributed by atoms with Crippen molar-refractivity contribution in [2.75, 3.05) is 33.0 Å². The normalized spacial score (nSPS) is 10.8. The minimum atomic E-state index is 0.0923. The number of hydrogen-bond donors (Lipinski definition) is 1. The Morgan fingerprint density at radius 2 is 0.706 bits per heavy atom. The van der Waals surface area contributed by atoms with Crippen molar-refractivity contribution in [3.63, 3.8) is 0 Å². The predicted molar refractivity (Wildman–Crippen MR) is 280 cm³/mol. The molecule has 7 aromatic rings. The fourth-order valence-corrected chi connectivity index (χ4v) is 9.81. The summed E-state index contributed by atoms with van der Waals surface area (Å²) in [5, 5.41) is 18.8. The van der Waals surface area contributed by atoms with Gasteiger partial charge in [-0.05, 0) is 183 Å². The van der Waals surface area contributed by atoms with E-state index in [1.54, 1.807) is 23.5 Å². The molecule has 0 heterocycles. The lowest BCUT2D eigenvalue weighted by molar-refractivity contribution is 0.287. The average molecular weight is 957 g/mol. The van der Waals surface area contributed by atoms with Crippen LogP contribution in [0.2, 0.25) is 0 Å². The highest BCUT2D eigenvalue weighted by atomic mass is 32.2. The van der Waals surface area contributed by atoms with Crippen LogP contribution in [0.15, 0.2) is 185 Å². The smallest absolute Gasteiger partial charge is 0.119 e. The number of unbranched alkanes of at least 4 members (excludes halogenated alkanes) is 6. The third-order valence-corrected chi connectivity index (χ3v) is 13.7. The van der Waals surface area contributed by atoms with Gasteiger partial charge in [0.05, 0.1) is 54.3 Å². The zero-order valence-corrected chi connectivity index (χ0v) is 40.7. The van der Waals surface area contributed by atoms with Gasteiger partial charge in [-0.2, -0.15) is 10.5 Å². The molecule has 0 atom stereocenters. The second-order valence-corrected chi connectivity index (χ2v) is 19.4. The summed E-state index contributed by atoms with van der Waals surface area (Å²) in [4.78, 5) is 3.19. The fraction of sp³-hybridized carbons (Fsp3) is 0.241. The van der Waals surface area contributed by atoms with E-state index in [2.05, 4.69) is 49.0 Å². The third-order valence-electron chi connectivity index (χ3n) is 11.0. The molecule has 7 nitrogen and oxygen atoms in total. The summed E-state index contributed by atoms with van der Waals surface area (Å²) in [7, 11) is 0. The molecule has 0 N–H and O–H groups in total. The maximum atomic E-state index is 9.41. The van der Waals surface area contributed by atoms with E-state index < -0.39 is 0 Å². The number of thiol groups is 1. The summed E-state index contributed by atoms with van der Waals surface area (Å²) in [6, 6.07) is 60.2. The molecule has 0 unspecified atom stereocenters. The SMILES string of the molecule is N#Cc1ccccc1-c1ccc(OCCCCCCOc2ccc(SC(COc3ccc(S)cc3)Sc3ccc(OCCCCCCOc4ccc(-c5ccccc5C#N)cc4)cc3)cc2)cc1. The number of rotatable bonds is 27. The largest absolute Gasteiger partial charge is 0.494 e. The second-order valence-electron chi connectivity index (χ2n) is 16.0. The summed E-state index contributed by atoms with van der Waals surface area (Å²) >= 11 is 7.98. The maximum Gasteiger partial charge on any atom is 0.119 e. The molecular weight excluding hydrogens is 901 g/mol. The minimum Gasteiger partial charge on any atom is -0.494 e. The van der Waals surface area contributed by atoms with Crippen LogP contribution in [0.4, 0.5) is 0 Å². The van der Waals surface area contributed by atoms with Gasteiger partial charge in [0.25, 0.3) is 0 Å². The first kappa shape index (κ1) is 49.5. The predicted octanol–water partition coefficient (Wildman–Crippen LogP) is 15.4. The Labute approximate surface area is 415 Å². The summed E-state index contributed by atoms with van der Waals surface area (Å²) in [5.41, 5.74) is 5.23. The highest BCUT2D eigenvalue weighted by Crippen LogP contribution is 2.37. The van der Waals surface area contributed by atoms with Gasteiger partial charge >= 0.3 is 0 Å². The van der Waals surface area contributed by atoms with E-state index >= 15 is 0 Å². The van der Waals surface area contributed by atoms with Crippen LogP contribution in [0, 0.1) is 22.7 Å². The fourth-order valence-electron chi connectivity index (χ4n) is 7.33. The molecule has 0 saturated carbocycles. The van der Waals surface area contributed by atoms with Gasteiger partial charge in [0, 0.05) is 14.7 Å². The lowest BCUT2D eigenvalue weighted by atomic mass is 10.0. The number of benzene rings is 7. The molecule has 0 saturated heterocycles. The van der Waals surface area contributed by atoms with Crippen molar-refractivity contribution in [2.24, 2.45) is 0 Å². The van der Waals surface area contributed by atoms with Crippen LogP contribution < -0.4 is 23.7 Å². The molecule has 0 radical (unpaired) electrons. The number of thioether (sulfide) groups is 2. The van der Waals surface area contributed by atoms with Crippen molar-refractivity contribution >= 4 is 36.2 Å². The minimum absolute atomic E-state index is 0.0923. The van der Waals surface area contributed by atoms with Gasteiger partial charge in [0.2, 0.25) is 0 Å². The van der Waals surface area contributed by atoms with Crippen LogP contribution in [0.1, 0.15) is 62.5 Å². The van der Waals surface area contributed by atoms with Crippen LogP contribution >= 0.6 is 36.2 Å². The molecule has 0 aliphatic carbocycles. The molecule has 10 heteroatoms. The van der Waals surface area contributed by atoms with Crippen molar-refractivity contribution in [3.8, 4) is 63.1 Å². The first-order valence-corrected chi connectivity index (χ1v) is 25.4. The van der Waals surface area contributed by atoms with Gasteiger partial charge in [-0.1, -0.05) is 60.7 Å². The Bertz CT molecular complexity index is 2500. The molecule has 68 heavy (non-hydrogen) atoms. The zero-order valence-electron chi connectivity index (χ0n) is 38.1. The van der Waals surface area contributed by atoms with Crippen molar-refractivity contribution in [3.05, 3.63) is 181 Å². The van der Waals surface area contributed by atoms with Crippen molar-refractivity contribution in [1.82, 2.24) is 0 Å². The average Bonchev–Trinajstić information content (AvgIpc) is 3.39. The van der Waals surface area contributed by atoms with Gasteiger partial charge in [0.15, 0.2) is 0 Å². The molecule has 346 valence electrons. The molecule has 7 rings (SSSR count). The lowest BCUT2D eigenvalue weighted by Gasteiger charge is -2.18. The first-order chi connectivity index (χ1) is 33.5. The molecule has 0 spiro atoms. The van der Waals surface area contributed by atoms with E-state index in [1.165, 1.54) is 0 Å². The van der Waals surface area contributed by atoms with Gasteiger partial charge in [-0.3, -0.25) is 0 Å². The number of nitrogens with zero attached hydrogens (tertiary/aromatic N) is 2. The van der Waals surface area contributed by atoms with Crippen molar-refractivity contribution in [1.29, 1.82) is 10.5 Å². The van der Waals surface area contributed by atoms with E-state index in [1.807, 2.05) is 146 Å². The van der Waals surface area contributed by atoms with Gasteiger partial charge < -0.3 is 23.7 Å². The number of nitriles is 2. The Morgan fingerprint density at radius 1 is 0.382 bits per heavy atom. The topological polar surface area (TPSA) is 93.7 Å². The molecule has 0 bridgehead atoms. The standard InChI is InChI=1S/C58H56N2O5S3/c59-41-46-13-5-7-15-56(46)44-17-21-48(22-18-44)61-37-9-1-3-11-39-63-50-27-33-54(34-28-50)67-58(43-65-52-25-31-53(66)32-26-52)68-55-35-29-51(30-36-55)64-40-12-4-2-10-38-62-49-23-19-45(20-24-49)57-16-8-6-14-47(57)42-60/h5-8,13-36,58,66H,1-4,9-12,37-40,43H2. The van der Waals surface area contributed by atoms with Gasteiger partial charge in [0.1, 0.15) is 35.4 Å². The Balaban J connectivity index is 0.775. The Morgan fingerprint density at radius 3 is 1.07 bits per heavy atom. The summed E-state index contributed by atoms with van der Waals surface area (Å²) in [5.74, 6) is 4.24. The van der Waals surface area contributed by atoms with Crippen molar-refractivity contribution < 1.29 is 23.7 Å². The van der Waals surface area contributed by atoms with Gasteiger partial charge in [-0.25, -0.2) is 0 Å². The highest BCUT2D eigenvalue weighted by molar-refractivity contribution is 8.17. The van der Waals surface area contributed by atoms with Crippen LogP contribution in [0.25, 0.3) is 22.3 Å². The Hall–Kier alpha value is -6.43. The van der Waals surface area contributed by atoms with Crippen LogP contribution in [0.5, 0.6) is 28.7 Å². The molecule has 7 aromatic carbocycles. The highest BCUT2D eigenvalue weighted by Gasteiger charge is 2.15. The molecular formula is C58H56N2O5S3. The third kappa shape index (κ3) is 16.1. The van der Waals surface area contributed by atoms with Crippen LogP contribution in [-0.4, -0.2) is 37.6 Å². The second kappa shape index (κ2) is 27.4. The quantitative estimate of drug-likeness (QED) is 0.0234. The van der Waals surface area contributed by atoms with E-state index in [0.29, 0.717) is 44.2 Å². The summed E-state index contributed by atoms with van der Waals surface area (Å²) in [6.07, 6.45) is 8.20. The molecule has 0 aromatic heterocycles. The first-order valence-electron chi connectivity index (χ1n) is 23.2. The maximum absolute atomic E-state index is 9.41. The number of ether oxygens (including phenoxy) is 5. The molecule has 0 aliphatic rings. The van der Waals surface area contributed by atoms with Gasteiger partial charge in [-0.15, -0.1) is 36.2 Å². The van der Waals surface area contributed by atoms with E-state index in [0.717, 1.165) is 117 Å². The molecule has 0 aliphatic heterocycles. The molecule has 0 amide bonds. The Kier molecular flexibility index (Phi) is 19.9. The van der Waals surface area contributed by atoms with Crippen LogP contribution in [-0.2, 0) is 0 Å². The lowest BCUT2D eigenvalue weighted by Crippen LogP contribution is -2.11. The summed E-state index contributed by atoms with van der Waals surface area (Å²) in [6.45, 7) is 3.20. The summed E-state index contributed by atoms with van der Waals surface area (Å²) < 4.78 is 30.5. The van der Waals surface area contributed by atoms with Crippen molar-refractivity contribution in [2.45, 2.75) is 70.6 Å². The monoisotopic (exact) mass is 956 g/mol. The molecule has 0 fully saturated rings. The zero-order chi connectivity index (χ0) is 47.0. The number of hydrogen-bond acceptors (Lipinski definition) is 10. The van der Waals surface area contributed by atoms with E-state index in [-0.39, 0.29) is 4.58 Å². The van der Waals surface area contributed by atoms with E-state index in [9.17, 15) is 10.5 Å². The van der Waals surface area contributed by atoms with E-state index in [4.69, 9.17) is 23.7 Å².